The molecule has 268 valence electrons. The summed E-state index contributed by atoms with van der Waals surface area (Å²) in [6.07, 6.45) is 7.19. The molecule has 16 nitrogen and oxygen atoms in total. The second-order valence-electron chi connectivity index (χ2n) is 12.5. The van der Waals surface area contributed by atoms with Crippen LogP contribution in [0.3, 0.4) is 0 Å². The lowest BCUT2D eigenvalue weighted by Gasteiger charge is -2.34. The SMILES string of the molecule is C=Cc1[nH]cc(CC2NC(=O)C(CC(=O)O)NC(=O)CNC(=O)C(CNC(=O)C3CCNCC3)NC(=O)C(C(C)C)N(C)C2=O)c1/C=C\C. The van der Waals surface area contributed by atoms with Crippen LogP contribution >= 0.6 is 0 Å². The number of piperidine rings is 1. The van der Waals surface area contributed by atoms with Crippen molar-refractivity contribution in [1.29, 1.82) is 0 Å². The van der Waals surface area contributed by atoms with E-state index in [0.717, 1.165) is 0 Å². The van der Waals surface area contributed by atoms with Gasteiger partial charge in [-0.3, -0.25) is 33.6 Å². The third-order valence-electron chi connectivity index (χ3n) is 8.56. The first-order valence-corrected chi connectivity index (χ1v) is 16.4. The Labute approximate surface area is 285 Å². The monoisotopic (exact) mass is 684 g/mol. The van der Waals surface area contributed by atoms with Crippen molar-refractivity contribution in [1.82, 2.24) is 41.8 Å². The summed E-state index contributed by atoms with van der Waals surface area (Å²) in [6.45, 7) is 9.42. The van der Waals surface area contributed by atoms with Gasteiger partial charge < -0.3 is 46.9 Å². The highest BCUT2D eigenvalue weighted by atomic mass is 16.4. The van der Waals surface area contributed by atoms with Crippen LogP contribution in [0.2, 0.25) is 0 Å². The average molecular weight is 685 g/mol. The van der Waals surface area contributed by atoms with E-state index in [9.17, 15) is 38.7 Å². The number of hydrogen-bond acceptors (Lipinski definition) is 8. The molecule has 0 aliphatic carbocycles. The fraction of sp³-hybridized carbons (Fsp3) is 0.545. The molecule has 3 rings (SSSR count). The maximum absolute atomic E-state index is 14.2. The molecule has 4 atom stereocenters. The molecule has 2 saturated heterocycles. The zero-order chi connectivity index (χ0) is 36.2. The number of aromatic amines is 1. The molecule has 0 spiro atoms. The van der Waals surface area contributed by atoms with Gasteiger partial charge in [-0.1, -0.05) is 32.6 Å². The second kappa shape index (κ2) is 18.0. The van der Waals surface area contributed by atoms with Gasteiger partial charge in [-0.2, -0.15) is 0 Å². The smallest absolute Gasteiger partial charge is 0.305 e. The van der Waals surface area contributed by atoms with Gasteiger partial charge >= 0.3 is 5.97 Å². The van der Waals surface area contributed by atoms with Crippen molar-refractivity contribution in [3.8, 4) is 0 Å². The van der Waals surface area contributed by atoms with E-state index in [2.05, 4.69) is 43.5 Å². The maximum Gasteiger partial charge on any atom is 0.305 e. The van der Waals surface area contributed by atoms with Gasteiger partial charge in [-0.05, 0) is 50.4 Å². The number of amides is 6. The van der Waals surface area contributed by atoms with Crippen molar-refractivity contribution < 1.29 is 38.7 Å². The average Bonchev–Trinajstić information content (AvgIpc) is 3.44. The van der Waals surface area contributed by atoms with Gasteiger partial charge in [0.15, 0.2) is 0 Å². The van der Waals surface area contributed by atoms with Crippen LogP contribution in [0.25, 0.3) is 12.2 Å². The molecule has 8 N–H and O–H groups in total. The Balaban J connectivity index is 2.01. The van der Waals surface area contributed by atoms with Crippen LogP contribution in [0.5, 0.6) is 0 Å². The van der Waals surface area contributed by atoms with E-state index in [4.69, 9.17) is 0 Å². The van der Waals surface area contributed by atoms with Gasteiger partial charge in [0.25, 0.3) is 0 Å². The van der Waals surface area contributed by atoms with Crippen molar-refractivity contribution in [2.75, 3.05) is 33.2 Å². The number of allylic oxidation sites excluding steroid dienone is 1. The fourth-order valence-electron chi connectivity index (χ4n) is 6.01. The molecule has 4 unspecified atom stereocenters. The number of nitrogens with zero attached hydrogens (tertiary/aromatic N) is 1. The molecule has 0 radical (unpaired) electrons. The van der Waals surface area contributed by atoms with E-state index in [1.165, 1.54) is 11.9 Å². The summed E-state index contributed by atoms with van der Waals surface area (Å²) >= 11 is 0. The first-order chi connectivity index (χ1) is 23.3. The molecule has 49 heavy (non-hydrogen) atoms. The van der Waals surface area contributed by atoms with E-state index in [1.54, 1.807) is 38.3 Å². The minimum atomic E-state index is -1.60. The lowest BCUT2D eigenvalue weighted by molar-refractivity contribution is -0.144. The largest absolute Gasteiger partial charge is 0.481 e. The van der Waals surface area contributed by atoms with E-state index in [-0.39, 0.29) is 24.8 Å². The topological polar surface area (TPSA) is 231 Å². The van der Waals surface area contributed by atoms with Gasteiger partial charge in [0, 0.05) is 43.4 Å². The highest BCUT2D eigenvalue weighted by Crippen LogP contribution is 2.21. The van der Waals surface area contributed by atoms with Crippen molar-refractivity contribution in [2.24, 2.45) is 11.8 Å². The molecule has 0 aromatic carbocycles. The Kier molecular flexibility index (Phi) is 14.1. The molecule has 0 saturated carbocycles. The summed E-state index contributed by atoms with van der Waals surface area (Å²) in [6, 6.07) is -5.36. The summed E-state index contributed by atoms with van der Waals surface area (Å²) in [5, 5.41) is 25.4. The van der Waals surface area contributed by atoms with Crippen molar-refractivity contribution in [3.63, 3.8) is 0 Å². The third-order valence-corrected chi connectivity index (χ3v) is 8.56. The third kappa shape index (κ3) is 10.5. The van der Waals surface area contributed by atoms with Gasteiger partial charge in [-0.15, -0.1) is 0 Å². The van der Waals surface area contributed by atoms with Crippen LogP contribution in [-0.4, -0.2) is 114 Å². The number of nitrogens with one attached hydrogen (secondary N) is 7. The molecule has 0 bridgehead atoms. The minimum absolute atomic E-state index is 0.0650. The molecule has 3 heterocycles. The number of carboxylic acids is 1. The zero-order valence-corrected chi connectivity index (χ0v) is 28.4. The molecular formula is C33H48N8O8. The number of rotatable bonds is 10. The number of carbonyl (C=O) groups excluding carboxylic acids is 6. The van der Waals surface area contributed by atoms with E-state index < -0.39 is 78.6 Å². The Bertz CT molecular complexity index is 1450. The standard InChI is InChI=1S/C33H48N8O8/c1-6-8-21-20(15-35-22(21)7-2)13-24-33(49)41(5)28(18(3)4)32(48)40-25(16-36-29(45)19-9-11-34-12-10-19)30(46)37-17-26(42)38-23(14-27(43)44)31(47)39-24/h6-8,15,18-19,23-25,28,34-35H,2,9-14,16-17H2,1,3-5H3,(H,36,45)(H,37,46)(H,38,42)(H,39,47)(H,40,48)(H,43,44)/b8-6-. The van der Waals surface area contributed by atoms with Crippen LogP contribution in [0, 0.1) is 11.8 Å². The molecule has 2 aliphatic rings. The summed E-state index contributed by atoms with van der Waals surface area (Å²) in [7, 11) is 1.40. The highest BCUT2D eigenvalue weighted by Gasteiger charge is 2.38. The predicted molar refractivity (Wildman–Crippen MR) is 180 cm³/mol. The summed E-state index contributed by atoms with van der Waals surface area (Å²) in [4.78, 5) is 96.6. The van der Waals surface area contributed by atoms with Crippen molar-refractivity contribution >= 4 is 53.6 Å². The molecule has 1 aromatic heterocycles. The van der Waals surface area contributed by atoms with Crippen molar-refractivity contribution in [2.45, 2.75) is 70.6 Å². The van der Waals surface area contributed by atoms with E-state index >= 15 is 0 Å². The minimum Gasteiger partial charge on any atom is -0.481 e. The van der Waals surface area contributed by atoms with E-state index in [1.807, 2.05) is 6.92 Å². The van der Waals surface area contributed by atoms with E-state index in [0.29, 0.717) is 42.8 Å². The van der Waals surface area contributed by atoms with Gasteiger partial charge in [0.2, 0.25) is 35.4 Å². The molecule has 2 fully saturated rings. The Morgan fingerprint density at radius 2 is 1.69 bits per heavy atom. The van der Waals surface area contributed by atoms with Crippen LogP contribution in [0.4, 0.5) is 0 Å². The quantitative estimate of drug-likeness (QED) is 0.149. The summed E-state index contributed by atoms with van der Waals surface area (Å²) < 4.78 is 0. The van der Waals surface area contributed by atoms with Crippen LogP contribution in [0.1, 0.15) is 56.9 Å². The van der Waals surface area contributed by atoms with Gasteiger partial charge in [-0.25, -0.2) is 0 Å². The number of carboxylic acid groups (broad SMARTS) is 1. The maximum atomic E-state index is 14.2. The van der Waals surface area contributed by atoms with Crippen molar-refractivity contribution in [3.05, 3.63) is 35.7 Å². The Morgan fingerprint density at radius 1 is 1.02 bits per heavy atom. The lowest BCUT2D eigenvalue weighted by atomic mass is 9.97. The Morgan fingerprint density at radius 3 is 2.31 bits per heavy atom. The number of hydrogen-bond donors (Lipinski definition) is 8. The lowest BCUT2D eigenvalue weighted by Crippen LogP contribution is -2.61. The fourth-order valence-corrected chi connectivity index (χ4v) is 6.01. The second-order valence-corrected chi connectivity index (χ2v) is 12.5. The summed E-state index contributed by atoms with van der Waals surface area (Å²) in [5.74, 6) is -6.43. The molecule has 1 aromatic rings. The molecular weight excluding hydrogens is 636 g/mol. The Hall–Kier alpha value is -4.99. The first-order valence-electron chi connectivity index (χ1n) is 16.4. The van der Waals surface area contributed by atoms with Gasteiger partial charge in [0.1, 0.15) is 24.2 Å². The molecule has 16 heteroatoms. The van der Waals surface area contributed by atoms with Crippen LogP contribution < -0.4 is 31.9 Å². The van der Waals surface area contributed by atoms with Crippen LogP contribution in [0.15, 0.2) is 18.9 Å². The first kappa shape index (κ1) is 38.5. The highest BCUT2D eigenvalue weighted by molar-refractivity contribution is 5.98. The predicted octanol–water partition coefficient (Wildman–Crippen LogP) is -1.11. The molecule has 6 amide bonds. The number of H-pyrrole nitrogens is 1. The normalized spacial score (nSPS) is 23.6. The number of likely N-dealkylation sites (N-methyl/N-ethyl adjacent to an activating group) is 1. The number of aromatic nitrogens is 1. The number of carbonyl (C=O) groups is 7. The van der Waals surface area contributed by atoms with Crippen LogP contribution in [-0.2, 0) is 40.0 Å². The summed E-state index contributed by atoms with van der Waals surface area (Å²) in [5.41, 5.74) is 2.01. The molecule has 2 aliphatic heterocycles. The van der Waals surface area contributed by atoms with Gasteiger partial charge in [0.05, 0.1) is 13.0 Å². The number of aliphatic carboxylic acids is 1. The zero-order valence-electron chi connectivity index (χ0n) is 28.4.